The van der Waals surface area contributed by atoms with Crippen molar-refractivity contribution in [3.05, 3.63) is 0 Å². The van der Waals surface area contributed by atoms with Gasteiger partial charge in [0.2, 0.25) is 0 Å². The van der Waals surface area contributed by atoms with Gasteiger partial charge < -0.3 is 5.11 Å². The highest BCUT2D eigenvalue weighted by molar-refractivity contribution is 4.83. The summed E-state index contributed by atoms with van der Waals surface area (Å²) in [5.74, 6) is -2.87. The van der Waals surface area contributed by atoms with Gasteiger partial charge in [0.25, 0.3) is 5.92 Å². The van der Waals surface area contributed by atoms with E-state index in [9.17, 15) is 8.78 Å². The van der Waals surface area contributed by atoms with Crippen LogP contribution in [0.3, 0.4) is 0 Å². The second kappa shape index (κ2) is 3.66. The Balaban J connectivity index is 2.53. The van der Waals surface area contributed by atoms with Crippen LogP contribution in [0, 0.1) is 5.92 Å². The molecule has 0 aromatic carbocycles. The lowest BCUT2D eigenvalue weighted by Crippen LogP contribution is -2.47. The molecule has 1 aliphatic heterocycles. The standard InChI is InChI=1S/C8H15F2NO/c1-2-11-4-7(5-12)3-8(9,10)6-11/h7,12H,2-6H2,1H3. The second-order valence-corrected chi connectivity index (χ2v) is 3.44. The molecule has 0 aromatic rings. The summed E-state index contributed by atoms with van der Waals surface area (Å²) in [4.78, 5) is 1.68. The van der Waals surface area contributed by atoms with Crippen LogP contribution in [0.15, 0.2) is 0 Å². The topological polar surface area (TPSA) is 23.5 Å². The normalized spacial score (nSPS) is 30.5. The molecule has 0 aliphatic carbocycles. The summed E-state index contributed by atoms with van der Waals surface area (Å²) in [5, 5.41) is 8.78. The third kappa shape index (κ3) is 2.38. The highest BCUT2D eigenvalue weighted by Gasteiger charge is 2.39. The first-order valence-electron chi connectivity index (χ1n) is 4.28. The van der Waals surface area contributed by atoms with Gasteiger partial charge in [-0.2, -0.15) is 0 Å². The maximum atomic E-state index is 12.9. The third-order valence-electron chi connectivity index (χ3n) is 2.26. The maximum Gasteiger partial charge on any atom is 0.260 e. The van der Waals surface area contributed by atoms with E-state index in [-0.39, 0.29) is 25.5 Å². The van der Waals surface area contributed by atoms with Gasteiger partial charge in [-0.05, 0) is 6.54 Å². The van der Waals surface area contributed by atoms with E-state index in [0.717, 1.165) is 0 Å². The smallest absolute Gasteiger partial charge is 0.260 e. The van der Waals surface area contributed by atoms with E-state index >= 15 is 0 Å². The van der Waals surface area contributed by atoms with Gasteiger partial charge in [-0.15, -0.1) is 0 Å². The molecule has 0 bridgehead atoms. The molecule has 0 saturated carbocycles. The number of halogens is 2. The van der Waals surface area contributed by atoms with Crippen LogP contribution in [0.25, 0.3) is 0 Å². The van der Waals surface area contributed by atoms with E-state index in [1.165, 1.54) is 0 Å². The zero-order valence-electron chi connectivity index (χ0n) is 7.26. The average molecular weight is 179 g/mol. The van der Waals surface area contributed by atoms with Crippen molar-refractivity contribution in [1.82, 2.24) is 4.90 Å². The van der Waals surface area contributed by atoms with E-state index in [4.69, 9.17) is 5.11 Å². The number of alkyl halides is 2. The van der Waals surface area contributed by atoms with Crippen LogP contribution < -0.4 is 0 Å². The quantitative estimate of drug-likeness (QED) is 0.682. The van der Waals surface area contributed by atoms with Crippen molar-refractivity contribution in [2.24, 2.45) is 5.92 Å². The van der Waals surface area contributed by atoms with Gasteiger partial charge in [-0.25, -0.2) is 8.78 Å². The van der Waals surface area contributed by atoms with Gasteiger partial charge >= 0.3 is 0 Å². The highest BCUT2D eigenvalue weighted by Crippen LogP contribution is 2.29. The van der Waals surface area contributed by atoms with Crippen LogP contribution >= 0.6 is 0 Å². The van der Waals surface area contributed by atoms with Crippen LogP contribution in [-0.2, 0) is 0 Å². The fourth-order valence-corrected chi connectivity index (χ4v) is 1.67. The predicted octanol–water partition coefficient (Wildman–Crippen LogP) is 0.956. The van der Waals surface area contributed by atoms with E-state index in [1.807, 2.05) is 6.92 Å². The van der Waals surface area contributed by atoms with Crippen molar-refractivity contribution in [3.8, 4) is 0 Å². The summed E-state index contributed by atoms with van der Waals surface area (Å²) in [6, 6.07) is 0. The fraction of sp³-hybridized carbons (Fsp3) is 1.00. The largest absolute Gasteiger partial charge is 0.396 e. The monoisotopic (exact) mass is 179 g/mol. The van der Waals surface area contributed by atoms with Gasteiger partial charge in [-0.1, -0.05) is 6.92 Å². The molecule has 4 heteroatoms. The molecule has 0 aromatic heterocycles. The van der Waals surface area contributed by atoms with Crippen molar-refractivity contribution >= 4 is 0 Å². The molecule has 0 amide bonds. The first-order chi connectivity index (χ1) is 5.57. The van der Waals surface area contributed by atoms with E-state index in [1.54, 1.807) is 4.90 Å². The molecule has 1 fully saturated rings. The van der Waals surface area contributed by atoms with Crippen molar-refractivity contribution in [1.29, 1.82) is 0 Å². The van der Waals surface area contributed by atoms with Crippen molar-refractivity contribution in [2.45, 2.75) is 19.3 Å². The minimum atomic E-state index is -2.61. The Kier molecular flexibility index (Phi) is 3.01. The Morgan fingerprint density at radius 1 is 1.58 bits per heavy atom. The van der Waals surface area contributed by atoms with Gasteiger partial charge in [0.05, 0.1) is 6.54 Å². The Morgan fingerprint density at radius 3 is 2.75 bits per heavy atom. The fourth-order valence-electron chi connectivity index (χ4n) is 1.67. The molecule has 1 atom stereocenters. The van der Waals surface area contributed by atoms with Crippen LogP contribution in [-0.4, -0.2) is 42.2 Å². The number of rotatable bonds is 2. The first-order valence-corrected chi connectivity index (χ1v) is 4.28. The Bertz CT molecular complexity index is 138. The van der Waals surface area contributed by atoms with Crippen LogP contribution in [0.5, 0.6) is 0 Å². The molecule has 1 saturated heterocycles. The molecule has 1 rings (SSSR count). The van der Waals surface area contributed by atoms with Gasteiger partial charge in [-0.3, -0.25) is 4.90 Å². The molecule has 1 heterocycles. The number of hydrogen-bond donors (Lipinski definition) is 1. The molecular weight excluding hydrogens is 164 g/mol. The third-order valence-corrected chi connectivity index (χ3v) is 2.26. The minimum absolute atomic E-state index is 0.133. The zero-order chi connectivity index (χ0) is 9.19. The maximum absolute atomic E-state index is 12.9. The van der Waals surface area contributed by atoms with Gasteiger partial charge in [0, 0.05) is 25.5 Å². The van der Waals surface area contributed by atoms with Crippen LogP contribution in [0.1, 0.15) is 13.3 Å². The molecule has 0 radical (unpaired) electrons. The van der Waals surface area contributed by atoms with Gasteiger partial charge in [0.1, 0.15) is 0 Å². The summed E-state index contributed by atoms with van der Waals surface area (Å²) < 4.78 is 25.9. The van der Waals surface area contributed by atoms with Crippen molar-refractivity contribution in [2.75, 3.05) is 26.2 Å². The molecule has 1 unspecified atom stereocenters. The number of likely N-dealkylation sites (tertiary alicyclic amines) is 1. The number of aliphatic hydroxyl groups excluding tert-OH is 1. The Morgan fingerprint density at radius 2 is 2.25 bits per heavy atom. The van der Waals surface area contributed by atoms with Crippen molar-refractivity contribution < 1.29 is 13.9 Å². The van der Waals surface area contributed by atoms with Crippen LogP contribution in [0.2, 0.25) is 0 Å². The molecular formula is C8H15F2NO. The summed E-state index contributed by atoms with van der Waals surface area (Å²) in [7, 11) is 0. The summed E-state index contributed by atoms with van der Waals surface area (Å²) >= 11 is 0. The number of aliphatic hydroxyl groups is 1. The average Bonchev–Trinajstić information content (AvgIpc) is 2.01. The number of nitrogens with zero attached hydrogens (tertiary/aromatic N) is 1. The summed E-state index contributed by atoms with van der Waals surface area (Å²) in [6.45, 7) is 2.80. The van der Waals surface area contributed by atoms with E-state index in [2.05, 4.69) is 0 Å². The van der Waals surface area contributed by atoms with Crippen molar-refractivity contribution in [3.63, 3.8) is 0 Å². The Hall–Kier alpha value is -0.220. The molecule has 1 N–H and O–H groups in total. The van der Waals surface area contributed by atoms with Gasteiger partial charge in [0.15, 0.2) is 0 Å². The molecule has 72 valence electrons. The highest BCUT2D eigenvalue weighted by atomic mass is 19.3. The zero-order valence-corrected chi connectivity index (χ0v) is 7.26. The number of hydrogen-bond acceptors (Lipinski definition) is 2. The van der Waals surface area contributed by atoms with Crippen LogP contribution in [0.4, 0.5) is 8.78 Å². The number of piperidine rings is 1. The van der Waals surface area contributed by atoms with E-state index in [0.29, 0.717) is 13.1 Å². The first kappa shape index (κ1) is 9.86. The predicted molar refractivity (Wildman–Crippen MR) is 42.3 cm³/mol. The molecule has 1 aliphatic rings. The summed E-state index contributed by atoms with van der Waals surface area (Å²) in [6.07, 6.45) is -0.167. The SMILES string of the molecule is CCN1CC(CO)CC(F)(F)C1. The Labute approximate surface area is 71.2 Å². The second-order valence-electron chi connectivity index (χ2n) is 3.44. The lowest BCUT2D eigenvalue weighted by Gasteiger charge is -2.36. The molecule has 12 heavy (non-hydrogen) atoms. The minimum Gasteiger partial charge on any atom is -0.396 e. The molecule has 2 nitrogen and oxygen atoms in total. The van der Waals surface area contributed by atoms with E-state index < -0.39 is 5.92 Å². The lowest BCUT2D eigenvalue weighted by atomic mass is 9.96. The molecule has 0 spiro atoms. The summed E-state index contributed by atoms with van der Waals surface area (Å²) in [5.41, 5.74) is 0. The lowest BCUT2D eigenvalue weighted by molar-refractivity contribution is -0.0905.